The first kappa shape index (κ1) is 6.54. The maximum Gasteiger partial charge on any atom is 0.298 e. The number of hydrogen-bond donors (Lipinski definition) is 3. The molecule has 0 aliphatic heterocycles. The Morgan fingerprint density at radius 1 is 1.60 bits per heavy atom. The second kappa shape index (κ2) is 2.34. The molecule has 0 spiro atoms. The Hall–Kier alpha value is -1.58. The fourth-order valence-corrected chi connectivity index (χ4v) is 0.648. The van der Waals surface area contributed by atoms with Crippen LogP contribution in [0.15, 0.2) is 24.4 Å². The van der Waals surface area contributed by atoms with Crippen LogP contribution in [0.25, 0.3) is 0 Å². The summed E-state index contributed by atoms with van der Waals surface area (Å²) in [5, 5.41) is 15.9. The molecule has 0 saturated carbocycles. The van der Waals surface area contributed by atoms with E-state index in [4.69, 9.17) is 16.4 Å². The summed E-state index contributed by atoms with van der Waals surface area (Å²) in [5.74, 6) is -0.150. The molecule has 1 heterocycles. The number of nitrogens with zero attached hydrogens (tertiary/aromatic N) is 1. The van der Waals surface area contributed by atoms with E-state index in [9.17, 15) is 0 Å². The quantitative estimate of drug-likeness (QED) is 0.212. The Kier molecular flexibility index (Phi) is 1.53. The van der Waals surface area contributed by atoms with Gasteiger partial charge in [-0.1, -0.05) is 0 Å². The standard InChI is InChI=1S/C6H8N3O/c7-6(8)5-3-1-2-4-9(5)10/h1-4,10H,(H3,7,8)/q+1. The molecule has 4 N–H and O–H groups in total. The van der Waals surface area contributed by atoms with E-state index in [0.29, 0.717) is 5.69 Å². The van der Waals surface area contributed by atoms with Crippen LogP contribution in [0.4, 0.5) is 0 Å². The van der Waals surface area contributed by atoms with Crippen molar-refractivity contribution in [2.45, 2.75) is 0 Å². The van der Waals surface area contributed by atoms with Crippen molar-refractivity contribution in [1.29, 1.82) is 5.41 Å². The van der Waals surface area contributed by atoms with Gasteiger partial charge in [-0.2, -0.15) is 0 Å². The predicted molar refractivity (Wildman–Crippen MR) is 34.8 cm³/mol. The monoisotopic (exact) mass is 138 g/mol. The van der Waals surface area contributed by atoms with Crippen LogP contribution in [0.5, 0.6) is 0 Å². The summed E-state index contributed by atoms with van der Waals surface area (Å²) in [6.45, 7) is 0. The Morgan fingerprint density at radius 2 is 2.30 bits per heavy atom. The number of aromatic nitrogens is 1. The molecule has 1 aromatic rings. The van der Waals surface area contributed by atoms with Gasteiger partial charge in [-0.05, 0) is 6.07 Å². The van der Waals surface area contributed by atoms with Crippen molar-refractivity contribution in [3.05, 3.63) is 30.1 Å². The SMILES string of the molecule is N=C(N)c1cccc[n+]1O. The molecule has 1 aromatic heterocycles. The zero-order valence-corrected chi connectivity index (χ0v) is 5.28. The van der Waals surface area contributed by atoms with Gasteiger partial charge in [0.15, 0.2) is 5.84 Å². The van der Waals surface area contributed by atoms with E-state index < -0.39 is 0 Å². The lowest BCUT2D eigenvalue weighted by Gasteiger charge is -1.90. The number of rotatable bonds is 1. The molecule has 0 saturated heterocycles. The lowest BCUT2D eigenvalue weighted by molar-refractivity contribution is -0.905. The molecular weight excluding hydrogens is 130 g/mol. The molecule has 0 bridgehead atoms. The summed E-state index contributed by atoms with van der Waals surface area (Å²) in [6.07, 6.45) is 1.41. The van der Waals surface area contributed by atoms with Gasteiger partial charge in [0.25, 0.3) is 5.69 Å². The van der Waals surface area contributed by atoms with Crippen molar-refractivity contribution >= 4 is 5.84 Å². The average molecular weight is 138 g/mol. The van der Waals surface area contributed by atoms with Gasteiger partial charge >= 0.3 is 0 Å². The van der Waals surface area contributed by atoms with E-state index >= 15 is 0 Å². The summed E-state index contributed by atoms with van der Waals surface area (Å²) in [5.41, 5.74) is 5.41. The second-order valence-corrected chi connectivity index (χ2v) is 1.84. The molecule has 0 radical (unpaired) electrons. The highest BCUT2D eigenvalue weighted by atomic mass is 16.5. The fourth-order valence-electron chi connectivity index (χ4n) is 0.648. The van der Waals surface area contributed by atoms with Crippen LogP contribution in [0, 0.1) is 5.41 Å². The van der Waals surface area contributed by atoms with Crippen LogP contribution < -0.4 is 10.5 Å². The molecule has 0 amide bonds. The minimum Gasteiger partial charge on any atom is -0.378 e. The Balaban J connectivity index is 3.15. The third kappa shape index (κ3) is 1.05. The Morgan fingerprint density at radius 3 is 2.70 bits per heavy atom. The Bertz CT molecular complexity index is 259. The highest BCUT2D eigenvalue weighted by molar-refractivity contribution is 5.91. The molecule has 0 aromatic carbocycles. The molecule has 0 fully saturated rings. The van der Waals surface area contributed by atoms with Gasteiger partial charge in [-0.3, -0.25) is 10.6 Å². The molecule has 4 nitrogen and oxygen atoms in total. The maximum absolute atomic E-state index is 8.98. The van der Waals surface area contributed by atoms with Gasteiger partial charge in [0.05, 0.1) is 0 Å². The van der Waals surface area contributed by atoms with E-state index in [-0.39, 0.29) is 5.84 Å². The molecule has 0 aliphatic rings. The lowest BCUT2D eigenvalue weighted by atomic mass is 10.3. The van der Waals surface area contributed by atoms with Crippen LogP contribution >= 0.6 is 0 Å². The van der Waals surface area contributed by atoms with Crippen molar-refractivity contribution in [2.24, 2.45) is 5.73 Å². The first-order valence-corrected chi connectivity index (χ1v) is 2.76. The molecule has 0 atom stereocenters. The number of nitrogens with two attached hydrogens (primary N) is 1. The molecule has 1 rings (SSSR count). The van der Waals surface area contributed by atoms with Crippen LogP contribution in [0.2, 0.25) is 0 Å². The van der Waals surface area contributed by atoms with E-state index in [1.54, 1.807) is 18.2 Å². The summed E-state index contributed by atoms with van der Waals surface area (Å²) in [4.78, 5) is 0. The minimum absolute atomic E-state index is 0.150. The number of amidine groups is 1. The van der Waals surface area contributed by atoms with Crippen molar-refractivity contribution < 1.29 is 9.94 Å². The molecule has 0 aliphatic carbocycles. The number of nitrogens with one attached hydrogen (secondary N) is 1. The highest BCUT2D eigenvalue weighted by Crippen LogP contribution is 1.86. The number of hydrogen-bond acceptors (Lipinski definition) is 2. The van der Waals surface area contributed by atoms with Crippen LogP contribution in [0.1, 0.15) is 5.69 Å². The zero-order chi connectivity index (χ0) is 7.56. The molecule has 4 heteroatoms. The normalized spacial score (nSPS) is 9.20. The van der Waals surface area contributed by atoms with Gasteiger partial charge in [-0.15, -0.1) is 0 Å². The van der Waals surface area contributed by atoms with E-state index in [0.717, 1.165) is 4.73 Å². The summed E-state index contributed by atoms with van der Waals surface area (Å²) in [6, 6.07) is 4.90. The maximum atomic E-state index is 8.98. The van der Waals surface area contributed by atoms with Crippen molar-refractivity contribution in [3.8, 4) is 0 Å². The van der Waals surface area contributed by atoms with E-state index in [2.05, 4.69) is 0 Å². The smallest absolute Gasteiger partial charge is 0.298 e. The average Bonchev–Trinajstić information content (AvgIpc) is 1.88. The topological polar surface area (TPSA) is 74.0 Å². The number of nitrogen functional groups attached to an aromatic ring is 1. The van der Waals surface area contributed by atoms with Gasteiger partial charge < -0.3 is 5.73 Å². The van der Waals surface area contributed by atoms with Gasteiger partial charge in [0.1, 0.15) is 0 Å². The van der Waals surface area contributed by atoms with Crippen molar-refractivity contribution in [2.75, 3.05) is 0 Å². The van der Waals surface area contributed by atoms with E-state index in [1.165, 1.54) is 6.20 Å². The fraction of sp³-hybridized carbons (Fsp3) is 0. The second-order valence-electron chi connectivity index (χ2n) is 1.84. The molecule has 10 heavy (non-hydrogen) atoms. The summed E-state index contributed by atoms with van der Waals surface area (Å²) in [7, 11) is 0. The Labute approximate surface area is 58.0 Å². The van der Waals surface area contributed by atoms with Gasteiger partial charge in [-0.25, -0.2) is 0 Å². The largest absolute Gasteiger partial charge is 0.378 e. The van der Waals surface area contributed by atoms with Crippen molar-refractivity contribution in [3.63, 3.8) is 0 Å². The first-order chi connectivity index (χ1) is 4.72. The predicted octanol–water partition coefficient (Wildman–Crippen LogP) is -0.505. The molecular formula is C6H8N3O+. The summed E-state index contributed by atoms with van der Waals surface area (Å²) < 4.78 is 0.808. The first-order valence-electron chi connectivity index (χ1n) is 2.76. The third-order valence-electron chi connectivity index (χ3n) is 1.12. The molecule has 0 unspecified atom stereocenters. The van der Waals surface area contributed by atoms with Gasteiger partial charge in [0.2, 0.25) is 6.20 Å². The minimum atomic E-state index is -0.150. The number of pyridine rings is 1. The van der Waals surface area contributed by atoms with Crippen molar-refractivity contribution in [1.82, 2.24) is 0 Å². The van der Waals surface area contributed by atoms with Crippen LogP contribution in [-0.4, -0.2) is 11.0 Å². The van der Waals surface area contributed by atoms with E-state index in [1.807, 2.05) is 0 Å². The van der Waals surface area contributed by atoms with Crippen LogP contribution in [0.3, 0.4) is 0 Å². The summed E-state index contributed by atoms with van der Waals surface area (Å²) >= 11 is 0. The third-order valence-corrected chi connectivity index (χ3v) is 1.12. The van der Waals surface area contributed by atoms with Gasteiger partial charge in [0, 0.05) is 16.9 Å². The zero-order valence-electron chi connectivity index (χ0n) is 5.28. The molecule has 52 valence electrons. The lowest BCUT2D eigenvalue weighted by Crippen LogP contribution is -2.39. The highest BCUT2D eigenvalue weighted by Gasteiger charge is 2.09. The van der Waals surface area contributed by atoms with Crippen LogP contribution in [-0.2, 0) is 0 Å².